The van der Waals surface area contributed by atoms with Crippen LogP contribution in [-0.4, -0.2) is 30.7 Å². The zero-order valence-corrected chi connectivity index (χ0v) is 18.2. The Morgan fingerprint density at radius 1 is 1.03 bits per heavy atom. The number of rotatable bonds is 11. The van der Waals surface area contributed by atoms with Crippen molar-refractivity contribution in [3.8, 4) is 5.75 Å². The Labute approximate surface area is 177 Å². The Hall–Kier alpha value is -2.47. The largest absolute Gasteiger partial charge is 0.497 e. The fourth-order valence-electron chi connectivity index (χ4n) is 2.80. The van der Waals surface area contributed by atoms with Crippen LogP contribution in [-0.2, 0) is 22.6 Å². The molecule has 2 amide bonds. The first-order valence-corrected chi connectivity index (χ1v) is 10.9. The maximum absolute atomic E-state index is 12.6. The molecule has 0 saturated carbocycles. The lowest BCUT2D eigenvalue weighted by atomic mass is 10.1. The Morgan fingerprint density at radius 3 is 2.28 bits per heavy atom. The lowest BCUT2D eigenvalue weighted by Gasteiger charge is -2.17. The highest BCUT2D eigenvalue weighted by molar-refractivity contribution is 7.99. The second-order valence-corrected chi connectivity index (χ2v) is 7.97. The van der Waals surface area contributed by atoms with E-state index in [2.05, 4.69) is 41.8 Å². The van der Waals surface area contributed by atoms with Crippen molar-refractivity contribution in [2.45, 2.75) is 50.6 Å². The molecule has 2 rings (SSSR count). The molecule has 2 aromatic carbocycles. The molecule has 0 bridgehead atoms. The van der Waals surface area contributed by atoms with Crippen molar-refractivity contribution in [1.82, 2.24) is 10.6 Å². The molecule has 156 valence electrons. The minimum absolute atomic E-state index is 0.192. The van der Waals surface area contributed by atoms with Crippen LogP contribution in [0.15, 0.2) is 53.4 Å². The number of ether oxygens (including phenoxy) is 1. The van der Waals surface area contributed by atoms with Crippen LogP contribution < -0.4 is 15.4 Å². The summed E-state index contributed by atoms with van der Waals surface area (Å²) in [5, 5.41) is 5.65. The van der Waals surface area contributed by atoms with E-state index in [4.69, 9.17) is 4.74 Å². The molecule has 0 spiro atoms. The molecule has 5 nitrogen and oxygen atoms in total. The normalized spacial score (nSPS) is 11.6. The third kappa shape index (κ3) is 8.20. The van der Waals surface area contributed by atoms with Crippen LogP contribution in [0.2, 0.25) is 0 Å². The summed E-state index contributed by atoms with van der Waals surface area (Å²) in [4.78, 5) is 25.2. The van der Waals surface area contributed by atoms with Crippen molar-refractivity contribution < 1.29 is 14.3 Å². The third-order valence-electron chi connectivity index (χ3n) is 4.48. The fraction of sp³-hybridized carbons (Fsp3) is 0.391. The molecule has 0 radical (unpaired) electrons. The van der Waals surface area contributed by atoms with E-state index in [0.29, 0.717) is 12.3 Å². The van der Waals surface area contributed by atoms with Gasteiger partial charge >= 0.3 is 0 Å². The molecule has 1 unspecified atom stereocenters. The predicted octanol–water partition coefficient (Wildman–Crippen LogP) is 3.95. The van der Waals surface area contributed by atoms with Gasteiger partial charge in [0.25, 0.3) is 0 Å². The first-order chi connectivity index (χ1) is 14.0. The summed E-state index contributed by atoms with van der Waals surface area (Å²) in [5.41, 5.74) is 2.29. The number of thioether (sulfide) groups is 1. The summed E-state index contributed by atoms with van der Waals surface area (Å²) in [6.45, 7) is 4.01. The van der Waals surface area contributed by atoms with Gasteiger partial charge in [0.15, 0.2) is 0 Å². The van der Waals surface area contributed by atoms with E-state index in [9.17, 15) is 9.59 Å². The topological polar surface area (TPSA) is 67.4 Å². The summed E-state index contributed by atoms with van der Waals surface area (Å²) in [6.07, 6.45) is 3.45. The standard InChI is InChI=1S/C23H30N2O3S/c1-4-5-6-18-9-13-21(14-10-18)29-16-22(25-17(2)26)23(27)24-15-19-7-11-20(28-3)12-8-19/h7-14,22H,4-6,15-16H2,1-3H3,(H,24,27)(H,25,26). The smallest absolute Gasteiger partial charge is 0.243 e. The van der Waals surface area contributed by atoms with E-state index in [1.54, 1.807) is 18.9 Å². The third-order valence-corrected chi connectivity index (χ3v) is 5.58. The molecule has 0 aliphatic carbocycles. The molecule has 29 heavy (non-hydrogen) atoms. The van der Waals surface area contributed by atoms with Crippen LogP contribution in [0, 0.1) is 0 Å². The number of hydrogen-bond acceptors (Lipinski definition) is 4. The summed E-state index contributed by atoms with van der Waals surface area (Å²) >= 11 is 1.57. The van der Waals surface area contributed by atoms with Gasteiger partial charge in [-0.2, -0.15) is 0 Å². The second-order valence-electron chi connectivity index (χ2n) is 6.88. The lowest BCUT2D eigenvalue weighted by Crippen LogP contribution is -2.47. The highest BCUT2D eigenvalue weighted by atomic mass is 32.2. The number of methoxy groups -OCH3 is 1. The van der Waals surface area contributed by atoms with Crippen LogP contribution >= 0.6 is 11.8 Å². The SMILES string of the molecule is CCCCc1ccc(SCC(NC(C)=O)C(=O)NCc2ccc(OC)cc2)cc1. The Kier molecular flexibility index (Phi) is 9.57. The Bertz CT molecular complexity index is 776. The molecular weight excluding hydrogens is 384 g/mol. The van der Waals surface area contributed by atoms with Gasteiger partial charge in [0, 0.05) is 24.1 Å². The summed E-state index contributed by atoms with van der Waals surface area (Å²) in [6, 6.07) is 15.4. The van der Waals surface area contributed by atoms with Crippen LogP contribution in [0.5, 0.6) is 5.75 Å². The molecule has 0 aliphatic heterocycles. The summed E-state index contributed by atoms with van der Waals surface area (Å²) < 4.78 is 5.14. The van der Waals surface area contributed by atoms with Crippen molar-refractivity contribution in [2.24, 2.45) is 0 Å². The van der Waals surface area contributed by atoms with Gasteiger partial charge in [0.2, 0.25) is 11.8 Å². The van der Waals surface area contributed by atoms with E-state index in [1.165, 1.54) is 25.3 Å². The molecule has 2 N–H and O–H groups in total. The highest BCUT2D eigenvalue weighted by Gasteiger charge is 2.19. The molecule has 0 saturated heterocycles. The molecule has 0 fully saturated rings. The molecule has 0 heterocycles. The number of hydrogen-bond donors (Lipinski definition) is 2. The van der Waals surface area contributed by atoms with E-state index < -0.39 is 6.04 Å². The summed E-state index contributed by atoms with van der Waals surface area (Å²) in [7, 11) is 1.62. The maximum atomic E-state index is 12.6. The van der Waals surface area contributed by atoms with E-state index in [-0.39, 0.29) is 11.8 Å². The average molecular weight is 415 g/mol. The van der Waals surface area contributed by atoms with Gasteiger partial charge in [-0.15, -0.1) is 11.8 Å². The van der Waals surface area contributed by atoms with E-state index in [1.807, 2.05) is 24.3 Å². The van der Waals surface area contributed by atoms with Crippen LogP contribution in [0.4, 0.5) is 0 Å². The van der Waals surface area contributed by atoms with Gasteiger partial charge in [-0.3, -0.25) is 9.59 Å². The van der Waals surface area contributed by atoms with Gasteiger partial charge in [-0.25, -0.2) is 0 Å². The maximum Gasteiger partial charge on any atom is 0.243 e. The monoisotopic (exact) mass is 414 g/mol. The number of aryl methyl sites for hydroxylation is 1. The Morgan fingerprint density at radius 2 is 1.69 bits per heavy atom. The minimum atomic E-state index is -0.587. The second kappa shape index (κ2) is 12.2. The molecule has 2 aromatic rings. The first kappa shape index (κ1) is 22.8. The van der Waals surface area contributed by atoms with Gasteiger partial charge in [-0.1, -0.05) is 37.6 Å². The number of carbonyl (C=O) groups excluding carboxylic acids is 2. The molecular formula is C23H30N2O3S. The number of carbonyl (C=O) groups is 2. The minimum Gasteiger partial charge on any atom is -0.497 e. The van der Waals surface area contributed by atoms with Gasteiger partial charge in [0.1, 0.15) is 11.8 Å². The van der Waals surface area contributed by atoms with Crippen LogP contribution in [0.1, 0.15) is 37.8 Å². The number of unbranched alkanes of at least 4 members (excludes halogenated alkanes) is 1. The van der Waals surface area contributed by atoms with Gasteiger partial charge < -0.3 is 15.4 Å². The van der Waals surface area contributed by atoms with E-state index in [0.717, 1.165) is 22.6 Å². The first-order valence-electron chi connectivity index (χ1n) is 9.91. The van der Waals surface area contributed by atoms with Crippen molar-refractivity contribution in [3.05, 3.63) is 59.7 Å². The zero-order valence-electron chi connectivity index (χ0n) is 17.4. The van der Waals surface area contributed by atoms with Gasteiger partial charge in [-0.05, 0) is 48.2 Å². The van der Waals surface area contributed by atoms with Crippen molar-refractivity contribution in [2.75, 3.05) is 12.9 Å². The lowest BCUT2D eigenvalue weighted by molar-refractivity contribution is -0.127. The fourth-order valence-corrected chi connectivity index (χ4v) is 3.72. The zero-order chi connectivity index (χ0) is 21.1. The highest BCUT2D eigenvalue weighted by Crippen LogP contribution is 2.20. The molecule has 0 aromatic heterocycles. The number of benzene rings is 2. The molecule has 6 heteroatoms. The van der Waals surface area contributed by atoms with Crippen LogP contribution in [0.25, 0.3) is 0 Å². The van der Waals surface area contributed by atoms with Crippen molar-refractivity contribution in [1.29, 1.82) is 0 Å². The predicted molar refractivity (Wildman–Crippen MR) is 118 cm³/mol. The molecule has 0 aliphatic rings. The number of nitrogens with one attached hydrogen (secondary N) is 2. The Balaban J connectivity index is 1.89. The summed E-state index contributed by atoms with van der Waals surface area (Å²) in [5.74, 6) is 0.837. The molecule has 1 atom stereocenters. The van der Waals surface area contributed by atoms with Gasteiger partial charge in [0.05, 0.1) is 7.11 Å². The average Bonchev–Trinajstić information content (AvgIpc) is 2.74. The van der Waals surface area contributed by atoms with Crippen LogP contribution in [0.3, 0.4) is 0 Å². The number of amides is 2. The quantitative estimate of drug-likeness (QED) is 0.547. The van der Waals surface area contributed by atoms with E-state index >= 15 is 0 Å². The van der Waals surface area contributed by atoms with Crippen molar-refractivity contribution >= 4 is 23.6 Å². The van der Waals surface area contributed by atoms with Crippen molar-refractivity contribution in [3.63, 3.8) is 0 Å².